The first-order chi connectivity index (χ1) is 16.4. The minimum absolute atomic E-state index is 0.169. The molecule has 3 unspecified atom stereocenters. The third-order valence-corrected chi connectivity index (χ3v) is 7.67. The number of fused-ring (bicyclic) bond motifs is 3. The fourth-order valence-electron chi connectivity index (χ4n) is 5.59. The van der Waals surface area contributed by atoms with Crippen molar-refractivity contribution in [1.29, 1.82) is 5.26 Å². The lowest BCUT2D eigenvalue weighted by molar-refractivity contribution is -0.125. The highest BCUT2D eigenvalue weighted by Gasteiger charge is 2.54. The van der Waals surface area contributed by atoms with Crippen LogP contribution >= 0.6 is 11.6 Å². The van der Waals surface area contributed by atoms with E-state index in [9.17, 15) is 15.2 Å². The maximum absolute atomic E-state index is 14.1. The van der Waals surface area contributed by atoms with Crippen molar-refractivity contribution in [2.75, 3.05) is 16.4 Å². The molecule has 10 nitrogen and oxygen atoms in total. The van der Waals surface area contributed by atoms with E-state index in [1.54, 1.807) is 28.3 Å². The van der Waals surface area contributed by atoms with Crippen LogP contribution in [0.3, 0.4) is 0 Å². The van der Waals surface area contributed by atoms with Crippen LogP contribution in [0.1, 0.15) is 68.8 Å². The first-order valence-corrected chi connectivity index (χ1v) is 11.8. The predicted octanol–water partition coefficient (Wildman–Crippen LogP) is 3.19. The maximum Gasteiger partial charge on any atom is 0.255 e. The van der Waals surface area contributed by atoms with E-state index in [4.69, 9.17) is 20.9 Å². The Balaban J connectivity index is 1.45. The average molecular weight is 483 g/mol. The number of carbonyl (C=O) groups is 1. The molecule has 11 heteroatoms. The van der Waals surface area contributed by atoms with Crippen molar-refractivity contribution in [2.45, 2.75) is 68.9 Å². The Morgan fingerprint density at radius 1 is 1.26 bits per heavy atom. The fourth-order valence-corrected chi connectivity index (χ4v) is 5.79. The fraction of sp³-hybridized carbons (Fsp3) is 0.522. The van der Waals surface area contributed by atoms with Crippen molar-refractivity contribution >= 4 is 35.2 Å². The Morgan fingerprint density at radius 3 is 2.76 bits per heavy atom. The number of aliphatic imine (C=N–C) groups is 1. The van der Waals surface area contributed by atoms with E-state index in [-0.39, 0.29) is 28.2 Å². The molecule has 0 spiro atoms. The number of halogens is 1. The number of nitrogens with zero attached hydrogens (tertiary/aromatic N) is 6. The molecule has 3 atom stereocenters. The highest BCUT2D eigenvalue weighted by molar-refractivity contribution is 6.33. The van der Waals surface area contributed by atoms with Crippen LogP contribution in [0.4, 0.5) is 11.4 Å². The minimum atomic E-state index is -1.11. The van der Waals surface area contributed by atoms with Gasteiger partial charge in [-0.15, -0.1) is 0 Å². The van der Waals surface area contributed by atoms with Gasteiger partial charge in [0.25, 0.3) is 11.8 Å². The second kappa shape index (κ2) is 7.50. The number of ether oxygens (including phenoxy) is 1. The zero-order valence-corrected chi connectivity index (χ0v) is 19.3. The molecule has 1 aromatic carbocycles. The maximum atomic E-state index is 14.1. The number of anilines is 2. The Morgan fingerprint density at radius 2 is 2.06 bits per heavy atom. The Labute approximate surface area is 200 Å². The van der Waals surface area contributed by atoms with Crippen molar-refractivity contribution in [2.24, 2.45) is 4.99 Å². The lowest BCUT2D eigenvalue weighted by atomic mass is 9.95. The second-order valence-electron chi connectivity index (χ2n) is 9.46. The summed E-state index contributed by atoms with van der Waals surface area (Å²) in [6, 6.07) is 4.01. The van der Waals surface area contributed by atoms with Crippen molar-refractivity contribution in [3.05, 3.63) is 34.4 Å². The average Bonchev–Trinajstić information content (AvgIpc) is 3.60. The first kappa shape index (κ1) is 21.5. The number of amides is 1. The number of rotatable bonds is 3. The molecule has 34 heavy (non-hydrogen) atoms. The molecule has 1 N–H and O–H groups in total. The summed E-state index contributed by atoms with van der Waals surface area (Å²) in [5.74, 6) is 0.110. The summed E-state index contributed by atoms with van der Waals surface area (Å²) in [6.45, 7) is 2.36. The van der Waals surface area contributed by atoms with Gasteiger partial charge in [0, 0.05) is 6.61 Å². The monoisotopic (exact) mass is 482 g/mol. The van der Waals surface area contributed by atoms with Crippen LogP contribution in [0.5, 0.6) is 0 Å². The molecule has 0 radical (unpaired) electrons. The Bertz CT molecular complexity index is 1240. The predicted molar refractivity (Wildman–Crippen MR) is 121 cm³/mol. The van der Waals surface area contributed by atoms with Gasteiger partial charge >= 0.3 is 0 Å². The number of carbonyl (C=O) groups excluding carboxylic acids is 1. The van der Waals surface area contributed by atoms with E-state index in [0.29, 0.717) is 37.2 Å². The minimum Gasteiger partial charge on any atom is -0.382 e. The SMILES string of the molecule is CC1(N2C(=O)C3C(c4nc(C5(O)CCCC5)no4)N=CN3c3ccc(Cl)c(C#N)c32)CCCO1. The molecule has 4 aliphatic rings. The molecule has 1 aromatic heterocycles. The molecular formula is C23H23ClN6O4. The third-order valence-electron chi connectivity index (χ3n) is 7.36. The summed E-state index contributed by atoms with van der Waals surface area (Å²) < 4.78 is 11.6. The summed E-state index contributed by atoms with van der Waals surface area (Å²) in [4.78, 5) is 26.4. The van der Waals surface area contributed by atoms with Gasteiger partial charge in [-0.2, -0.15) is 10.2 Å². The van der Waals surface area contributed by atoms with Crippen molar-refractivity contribution in [3.8, 4) is 6.07 Å². The number of aliphatic hydroxyl groups is 1. The lowest BCUT2D eigenvalue weighted by Crippen LogP contribution is -2.60. The molecule has 6 rings (SSSR count). The van der Waals surface area contributed by atoms with E-state index in [0.717, 1.165) is 19.3 Å². The molecule has 2 aromatic rings. The van der Waals surface area contributed by atoms with Crippen LogP contribution in [0.15, 0.2) is 21.6 Å². The zero-order valence-electron chi connectivity index (χ0n) is 18.6. The van der Waals surface area contributed by atoms with Gasteiger partial charge in [0.2, 0.25) is 5.82 Å². The first-order valence-electron chi connectivity index (χ1n) is 11.4. The summed E-state index contributed by atoms with van der Waals surface area (Å²) in [6.07, 6.45) is 5.90. The van der Waals surface area contributed by atoms with Gasteiger partial charge in [0.15, 0.2) is 6.04 Å². The summed E-state index contributed by atoms with van der Waals surface area (Å²) in [5.41, 5.74) is -0.784. The lowest BCUT2D eigenvalue weighted by Gasteiger charge is -2.46. The van der Waals surface area contributed by atoms with E-state index in [1.165, 1.54) is 0 Å². The normalized spacial score (nSPS) is 29.4. The van der Waals surface area contributed by atoms with E-state index >= 15 is 0 Å². The zero-order chi connectivity index (χ0) is 23.7. The molecule has 176 valence electrons. The number of hydrogen-bond acceptors (Lipinski definition) is 9. The number of hydrogen-bond donors (Lipinski definition) is 1. The van der Waals surface area contributed by atoms with Crippen molar-refractivity contribution in [1.82, 2.24) is 10.1 Å². The van der Waals surface area contributed by atoms with Crippen molar-refractivity contribution in [3.63, 3.8) is 0 Å². The van der Waals surface area contributed by atoms with Gasteiger partial charge in [-0.05, 0) is 57.6 Å². The quantitative estimate of drug-likeness (QED) is 0.706. The van der Waals surface area contributed by atoms with Gasteiger partial charge in [-0.1, -0.05) is 16.8 Å². The van der Waals surface area contributed by atoms with Gasteiger partial charge in [-0.25, -0.2) is 0 Å². The topological polar surface area (TPSA) is 128 Å². The standard InChI is InChI=1S/C23H23ClN6O4/c1-22(7-4-10-33-22)30-17-13(11-25)14(24)5-6-15(17)29-12-26-16(18(29)20(30)31)19-27-21(28-34-19)23(32)8-2-3-9-23/h5-6,12,16,18,32H,2-4,7-10H2,1H3. The van der Waals surface area contributed by atoms with Crippen LogP contribution in [-0.2, 0) is 15.1 Å². The van der Waals surface area contributed by atoms with Gasteiger partial charge in [0.05, 0.1) is 28.3 Å². The number of benzene rings is 1. The Hall–Kier alpha value is -3.00. The van der Waals surface area contributed by atoms with Crippen LogP contribution in [0.25, 0.3) is 0 Å². The summed E-state index contributed by atoms with van der Waals surface area (Å²) >= 11 is 6.36. The largest absolute Gasteiger partial charge is 0.382 e. The third kappa shape index (κ3) is 2.94. The molecule has 1 saturated heterocycles. The second-order valence-corrected chi connectivity index (χ2v) is 9.87. The van der Waals surface area contributed by atoms with E-state index in [2.05, 4.69) is 21.2 Å². The molecule has 2 fully saturated rings. The van der Waals surface area contributed by atoms with E-state index in [1.807, 2.05) is 6.92 Å². The van der Waals surface area contributed by atoms with Crippen LogP contribution < -0.4 is 9.80 Å². The molecular weight excluding hydrogens is 460 g/mol. The molecule has 0 bridgehead atoms. The van der Waals surface area contributed by atoms with Gasteiger partial charge < -0.3 is 19.3 Å². The molecule has 3 aliphatic heterocycles. The Kier molecular flexibility index (Phi) is 4.75. The van der Waals surface area contributed by atoms with Crippen LogP contribution in [-0.4, -0.2) is 45.9 Å². The van der Waals surface area contributed by atoms with Gasteiger partial charge in [-0.3, -0.25) is 14.7 Å². The highest BCUT2D eigenvalue weighted by Crippen LogP contribution is 2.50. The summed E-state index contributed by atoms with van der Waals surface area (Å²) in [5, 5.41) is 25.0. The molecule has 1 saturated carbocycles. The highest BCUT2D eigenvalue weighted by atomic mass is 35.5. The number of aromatic nitrogens is 2. The van der Waals surface area contributed by atoms with Crippen LogP contribution in [0, 0.1) is 11.3 Å². The van der Waals surface area contributed by atoms with E-state index < -0.39 is 23.4 Å². The summed E-state index contributed by atoms with van der Waals surface area (Å²) in [7, 11) is 0. The van der Waals surface area contributed by atoms with Crippen LogP contribution in [0.2, 0.25) is 5.02 Å². The molecule has 1 aliphatic carbocycles. The molecule has 4 heterocycles. The number of nitriles is 1. The molecule has 1 amide bonds. The van der Waals surface area contributed by atoms with Gasteiger partial charge in [0.1, 0.15) is 23.4 Å². The van der Waals surface area contributed by atoms with Crippen molar-refractivity contribution < 1.29 is 19.2 Å². The smallest absolute Gasteiger partial charge is 0.255 e.